The highest BCUT2D eigenvalue weighted by atomic mass is 16.2. The third-order valence-corrected chi connectivity index (χ3v) is 5.11. The Morgan fingerprint density at radius 3 is 2.31 bits per heavy atom. The van der Waals surface area contributed by atoms with Crippen molar-refractivity contribution in [2.45, 2.75) is 19.4 Å². The van der Waals surface area contributed by atoms with Crippen LogP contribution in [0.25, 0.3) is 10.8 Å². The second-order valence-corrected chi connectivity index (χ2v) is 7.31. The smallest absolute Gasteiger partial charge is 0.319 e. The molecule has 0 atom stereocenters. The van der Waals surface area contributed by atoms with E-state index in [9.17, 15) is 9.59 Å². The van der Waals surface area contributed by atoms with E-state index in [1.807, 2.05) is 29.0 Å². The van der Waals surface area contributed by atoms with E-state index < -0.39 is 0 Å². The first-order valence-electron chi connectivity index (χ1n) is 9.14. The van der Waals surface area contributed by atoms with Gasteiger partial charge in [-0.25, -0.2) is 4.79 Å². The van der Waals surface area contributed by atoms with Gasteiger partial charge in [-0.3, -0.25) is 4.79 Å². The van der Waals surface area contributed by atoms with E-state index in [1.165, 1.54) is 10.8 Å². The molecule has 0 radical (unpaired) electrons. The maximum Gasteiger partial charge on any atom is 0.319 e. The van der Waals surface area contributed by atoms with Crippen LogP contribution in [0.4, 0.5) is 4.79 Å². The monoisotopic (exact) mass is 353 g/mol. The average molecular weight is 353 g/mol. The minimum absolute atomic E-state index is 0.00617. The minimum atomic E-state index is 0.00617. The van der Waals surface area contributed by atoms with Crippen molar-refractivity contribution in [1.29, 1.82) is 0 Å². The normalized spacial score (nSPS) is 15.1. The van der Waals surface area contributed by atoms with Crippen LogP contribution in [0.3, 0.4) is 0 Å². The number of likely N-dealkylation sites (tertiary alicyclic amines) is 1. The van der Waals surface area contributed by atoms with Crippen LogP contribution >= 0.6 is 0 Å². The lowest BCUT2D eigenvalue weighted by atomic mass is 9.95. The van der Waals surface area contributed by atoms with Crippen LogP contribution in [0.5, 0.6) is 0 Å². The SMILES string of the molecule is CN(C)C(=O)N1CCC(C(=O)N(C)Cc2ccc3ccccc3c2)CC1. The first-order chi connectivity index (χ1) is 12.5. The van der Waals surface area contributed by atoms with Gasteiger partial charge in [-0.15, -0.1) is 0 Å². The van der Waals surface area contributed by atoms with Crippen LogP contribution in [0.15, 0.2) is 42.5 Å². The molecule has 138 valence electrons. The van der Waals surface area contributed by atoms with Crippen molar-refractivity contribution in [2.75, 3.05) is 34.2 Å². The van der Waals surface area contributed by atoms with Gasteiger partial charge in [0, 0.05) is 46.7 Å². The van der Waals surface area contributed by atoms with Crippen molar-refractivity contribution in [3.8, 4) is 0 Å². The number of amides is 3. The minimum Gasteiger partial charge on any atom is -0.341 e. The number of urea groups is 1. The number of rotatable bonds is 3. The van der Waals surface area contributed by atoms with Gasteiger partial charge in [-0.1, -0.05) is 36.4 Å². The molecule has 0 unspecified atom stereocenters. The Hall–Kier alpha value is -2.56. The largest absolute Gasteiger partial charge is 0.341 e. The molecule has 1 aliphatic heterocycles. The van der Waals surface area contributed by atoms with E-state index in [0.717, 1.165) is 18.4 Å². The molecule has 0 saturated carbocycles. The van der Waals surface area contributed by atoms with Crippen LogP contribution in [0.1, 0.15) is 18.4 Å². The van der Waals surface area contributed by atoms with Gasteiger partial charge < -0.3 is 14.7 Å². The number of hydrogen-bond acceptors (Lipinski definition) is 2. The number of carbonyl (C=O) groups is 2. The molecule has 26 heavy (non-hydrogen) atoms. The fourth-order valence-corrected chi connectivity index (χ4v) is 3.60. The fraction of sp³-hybridized carbons (Fsp3) is 0.429. The van der Waals surface area contributed by atoms with Gasteiger partial charge in [-0.2, -0.15) is 0 Å². The van der Waals surface area contributed by atoms with Crippen molar-refractivity contribution in [1.82, 2.24) is 14.7 Å². The molecule has 5 heteroatoms. The van der Waals surface area contributed by atoms with Gasteiger partial charge in [0.2, 0.25) is 5.91 Å². The second kappa shape index (κ2) is 7.77. The molecule has 1 heterocycles. The van der Waals surface area contributed by atoms with Gasteiger partial charge in [0.25, 0.3) is 0 Å². The maximum atomic E-state index is 12.8. The molecule has 0 bridgehead atoms. The molecule has 5 nitrogen and oxygen atoms in total. The molecule has 3 rings (SSSR count). The van der Waals surface area contributed by atoms with E-state index in [4.69, 9.17) is 0 Å². The third-order valence-electron chi connectivity index (χ3n) is 5.11. The number of piperidine rings is 1. The maximum absolute atomic E-state index is 12.8. The van der Waals surface area contributed by atoms with E-state index in [2.05, 4.69) is 30.3 Å². The lowest BCUT2D eigenvalue weighted by Crippen LogP contribution is -2.46. The van der Waals surface area contributed by atoms with Crippen LogP contribution in [-0.2, 0) is 11.3 Å². The topological polar surface area (TPSA) is 43.9 Å². The number of fused-ring (bicyclic) bond motifs is 1. The highest BCUT2D eigenvalue weighted by molar-refractivity contribution is 5.83. The number of benzene rings is 2. The van der Waals surface area contributed by atoms with E-state index in [0.29, 0.717) is 19.6 Å². The molecule has 1 fully saturated rings. The highest BCUT2D eigenvalue weighted by Gasteiger charge is 2.29. The first-order valence-corrected chi connectivity index (χ1v) is 9.14. The summed E-state index contributed by atoms with van der Waals surface area (Å²) in [5, 5.41) is 2.41. The van der Waals surface area contributed by atoms with Crippen molar-refractivity contribution >= 4 is 22.7 Å². The van der Waals surface area contributed by atoms with E-state index in [1.54, 1.807) is 19.0 Å². The molecule has 2 aromatic rings. The van der Waals surface area contributed by atoms with E-state index >= 15 is 0 Å². The summed E-state index contributed by atoms with van der Waals surface area (Å²) in [5.74, 6) is 0.182. The summed E-state index contributed by atoms with van der Waals surface area (Å²) in [6.07, 6.45) is 1.47. The molecule has 0 aromatic heterocycles. The molecule has 3 amide bonds. The Balaban J connectivity index is 1.58. The van der Waals surface area contributed by atoms with Gasteiger partial charge in [0.15, 0.2) is 0 Å². The molecule has 0 aliphatic carbocycles. The number of carbonyl (C=O) groups excluding carboxylic acids is 2. The summed E-state index contributed by atoms with van der Waals surface area (Å²) in [7, 11) is 5.39. The van der Waals surface area contributed by atoms with Crippen molar-refractivity contribution in [2.24, 2.45) is 5.92 Å². The van der Waals surface area contributed by atoms with E-state index in [-0.39, 0.29) is 17.9 Å². The zero-order chi connectivity index (χ0) is 18.7. The average Bonchev–Trinajstić information content (AvgIpc) is 2.66. The summed E-state index contributed by atoms with van der Waals surface area (Å²) in [5.41, 5.74) is 1.14. The zero-order valence-corrected chi connectivity index (χ0v) is 15.8. The van der Waals surface area contributed by atoms with Gasteiger partial charge in [0.05, 0.1) is 0 Å². The lowest BCUT2D eigenvalue weighted by molar-refractivity contribution is -0.136. The van der Waals surface area contributed by atoms with Crippen LogP contribution in [-0.4, -0.2) is 60.9 Å². The molecule has 1 aliphatic rings. The third kappa shape index (κ3) is 3.98. The summed E-state index contributed by atoms with van der Waals surface area (Å²) in [6, 6.07) is 14.6. The summed E-state index contributed by atoms with van der Waals surface area (Å²) in [6.45, 7) is 1.91. The number of nitrogens with zero attached hydrogens (tertiary/aromatic N) is 3. The van der Waals surface area contributed by atoms with Crippen molar-refractivity contribution in [3.63, 3.8) is 0 Å². The Bertz CT molecular complexity index is 795. The standard InChI is InChI=1S/C21H27N3O2/c1-22(2)21(26)24-12-10-18(11-13-24)20(25)23(3)15-16-8-9-17-6-4-5-7-19(17)14-16/h4-9,14,18H,10-13,15H2,1-3H3. The first kappa shape index (κ1) is 18.2. The second-order valence-electron chi connectivity index (χ2n) is 7.31. The quantitative estimate of drug-likeness (QED) is 0.851. The molecule has 0 spiro atoms. The van der Waals surface area contributed by atoms with Crippen LogP contribution in [0.2, 0.25) is 0 Å². The zero-order valence-electron chi connectivity index (χ0n) is 15.8. The summed E-state index contributed by atoms with van der Waals surface area (Å²) in [4.78, 5) is 30.0. The predicted octanol–water partition coefficient (Wildman–Crippen LogP) is 3.19. The Labute approximate surface area is 155 Å². The molecular weight excluding hydrogens is 326 g/mol. The molecule has 2 aromatic carbocycles. The van der Waals surface area contributed by atoms with Gasteiger partial charge >= 0.3 is 6.03 Å². The molecule has 1 saturated heterocycles. The lowest BCUT2D eigenvalue weighted by Gasteiger charge is -2.34. The fourth-order valence-electron chi connectivity index (χ4n) is 3.60. The van der Waals surface area contributed by atoms with Gasteiger partial charge in [0.1, 0.15) is 0 Å². The summed E-state index contributed by atoms with van der Waals surface area (Å²) < 4.78 is 0. The highest BCUT2D eigenvalue weighted by Crippen LogP contribution is 2.22. The predicted molar refractivity (Wildman–Crippen MR) is 104 cm³/mol. The Morgan fingerprint density at radius 2 is 1.65 bits per heavy atom. The van der Waals surface area contributed by atoms with Gasteiger partial charge in [-0.05, 0) is 35.2 Å². The van der Waals surface area contributed by atoms with Crippen molar-refractivity contribution in [3.05, 3.63) is 48.0 Å². The molecular formula is C21H27N3O2. The number of hydrogen-bond donors (Lipinski definition) is 0. The van der Waals surface area contributed by atoms with Crippen molar-refractivity contribution < 1.29 is 9.59 Å². The summed E-state index contributed by atoms with van der Waals surface area (Å²) >= 11 is 0. The Kier molecular flexibility index (Phi) is 5.45. The van der Waals surface area contributed by atoms with Crippen LogP contribution in [0, 0.1) is 5.92 Å². The Morgan fingerprint density at radius 1 is 1.00 bits per heavy atom. The van der Waals surface area contributed by atoms with Crippen LogP contribution < -0.4 is 0 Å². The molecule has 0 N–H and O–H groups in total.